The van der Waals surface area contributed by atoms with Crippen molar-refractivity contribution >= 4 is 11.7 Å². The minimum atomic E-state index is -0.288. The van der Waals surface area contributed by atoms with Gasteiger partial charge in [0.25, 0.3) is 0 Å². The fourth-order valence-corrected chi connectivity index (χ4v) is 3.19. The van der Waals surface area contributed by atoms with Gasteiger partial charge in [-0.05, 0) is 42.0 Å². The van der Waals surface area contributed by atoms with Gasteiger partial charge in [-0.25, -0.2) is 4.39 Å². The molecule has 0 bridgehead atoms. The number of anilines is 1. The van der Waals surface area contributed by atoms with Crippen molar-refractivity contribution < 1.29 is 9.18 Å². The number of carbonyl (C=O) groups excluding carboxylic acids is 1. The number of piperazine rings is 1. The summed E-state index contributed by atoms with van der Waals surface area (Å²) in [5, 5.41) is 8.59. The topological polar surface area (TPSA) is 54.3 Å². The van der Waals surface area contributed by atoms with Crippen molar-refractivity contribution in [2.75, 3.05) is 31.1 Å². The van der Waals surface area contributed by atoms with Crippen LogP contribution in [0.5, 0.6) is 0 Å². The van der Waals surface area contributed by atoms with E-state index in [2.05, 4.69) is 15.1 Å². The average Bonchev–Trinajstić information content (AvgIpc) is 3.25. The molecule has 0 aliphatic carbocycles. The lowest BCUT2D eigenvalue weighted by Crippen LogP contribution is -2.49. The Labute approximate surface area is 156 Å². The van der Waals surface area contributed by atoms with Crippen molar-refractivity contribution in [1.82, 2.24) is 19.7 Å². The summed E-state index contributed by atoms with van der Waals surface area (Å²) in [6.45, 7) is 2.71. The molecule has 1 aromatic carbocycles. The maximum atomic E-state index is 13.0. The third kappa shape index (κ3) is 3.97. The van der Waals surface area contributed by atoms with Crippen LogP contribution in [0.3, 0.4) is 0 Å². The molecule has 3 aromatic rings. The van der Waals surface area contributed by atoms with Crippen LogP contribution in [-0.2, 0) is 11.2 Å². The van der Waals surface area contributed by atoms with E-state index >= 15 is 0 Å². The van der Waals surface area contributed by atoms with Gasteiger partial charge in [0.2, 0.25) is 5.91 Å². The second-order valence-corrected chi connectivity index (χ2v) is 6.51. The summed E-state index contributed by atoms with van der Waals surface area (Å²) in [6.07, 6.45) is 4.15. The Bertz CT molecular complexity index is 885. The molecule has 4 rings (SSSR count). The van der Waals surface area contributed by atoms with Gasteiger partial charge in [0.05, 0.1) is 6.42 Å². The summed E-state index contributed by atoms with van der Waals surface area (Å²) in [6, 6.07) is 13.9. The molecule has 0 N–H and O–H groups in total. The number of benzene rings is 1. The third-order valence-corrected chi connectivity index (χ3v) is 4.73. The van der Waals surface area contributed by atoms with E-state index in [1.54, 1.807) is 12.1 Å². The van der Waals surface area contributed by atoms with Gasteiger partial charge in [0.1, 0.15) is 5.82 Å². The van der Waals surface area contributed by atoms with Crippen LogP contribution >= 0.6 is 0 Å². The molecular formula is C20H20FN5O. The summed E-state index contributed by atoms with van der Waals surface area (Å²) in [5.41, 5.74) is 0.829. The number of aromatic nitrogens is 3. The fraction of sp³-hybridized carbons (Fsp3) is 0.250. The second kappa shape index (κ2) is 7.57. The minimum Gasteiger partial charge on any atom is -0.352 e. The SMILES string of the molecule is O=C(Cc1ccc(F)cc1)N1CCN(c2ccc(-n3cccc3)nn2)CC1. The lowest BCUT2D eigenvalue weighted by Gasteiger charge is -2.35. The standard InChI is InChI=1S/C20H20FN5O/c21-17-5-3-16(4-6-17)15-20(27)26-13-11-25(12-14-26)19-8-7-18(22-23-19)24-9-1-2-10-24/h1-10H,11-15H2. The van der Waals surface area contributed by atoms with Crippen molar-refractivity contribution in [3.63, 3.8) is 0 Å². The summed E-state index contributed by atoms with van der Waals surface area (Å²) in [7, 11) is 0. The Morgan fingerprint density at radius 1 is 0.889 bits per heavy atom. The van der Waals surface area contributed by atoms with Crippen molar-refractivity contribution in [2.24, 2.45) is 0 Å². The van der Waals surface area contributed by atoms with E-state index in [1.807, 2.05) is 46.1 Å². The molecule has 6 nitrogen and oxygen atoms in total. The first-order valence-corrected chi connectivity index (χ1v) is 8.93. The Morgan fingerprint density at radius 2 is 1.52 bits per heavy atom. The zero-order chi connectivity index (χ0) is 18.6. The molecule has 0 spiro atoms. The Morgan fingerprint density at radius 3 is 2.15 bits per heavy atom. The van der Waals surface area contributed by atoms with Crippen molar-refractivity contribution in [1.29, 1.82) is 0 Å². The lowest BCUT2D eigenvalue weighted by atomic mass is 10.1. The zero-order valence-corrected chi connectivity index (χ0v) is 14.8. The first-order chi connectivity index (χ1) is 13.2. The molecule has 1 amide bonds. The minimum absolute atomic E-state index is 0.0651. The van der Waals surface area contributed by atoms with E-state index in [1.165, 1.54) is 12.1 Å². The van der Waals surface area contributed by atoms with Gasteiger partial charge < -0.3 is 14.4 Å². The van der Waals surface area contributed by atoms with Crippen LogP contribution in [0.15, 0.2) is 60.9 Å². The van der Waals surface area contributed by atoms with Crippen LogP contribution in [0.4, 0.5) is 10.2 Å². The highest BCUT2D eigenvalue weighted by Gasteiger charge is 2.22. The highest BCUT2D eigenvalue weighted by Crippen LogP contribution is 2.15. The molecule has 0 radical (unpaired) electrons. The molecule has 138 valence electrons. The molecule has 1 aliphatic rings. The largest absolute Gasteiger partial charge is 0.352 e. The van der Waals surface area contributed by atoms with Crippen LogP contribution in [0.25, 0.3) is 5.82 Å². The van der Waals surface area contributed by atoms with Crippen LogP contribution in [0.1, 0.15) is 5.56 Å². The Kier molecular flexibility index (Phi) is 4.82. The number of hydrogen-bond acceptors (Lipinski definition) is 4. The van der Waals surface area contributed by atoms with Gasteiger partial charge in [-0.15, -0.1) is 10.2 Å². The van der Waals surface area contributed by atoms with Gasteiger partial charge in [-0.3, -0.25) is 4.79 Å². The number of carbonyl (C=O) groups is 1. The van der Waals surface area contributed by atoms with Gasteiger partial charge in [0, 0.05) is 38.6 Å². The molecule has 3 heterocycles. The second-order valence-electron chi connectivity index (χ2n) is 6.51. The van der Waals surface area contributed by atoms with Crippen LogP contribution in [-0.4, -0.2) is 51.8 Å². The van der Waals surface area contributed by atoms with Crippen molar-refractivity contribution in [3.05, 3.63) is 72.3 Å². The number of nitrogens with zero attached hydrogens (tertiary/aromatic N) is 5. The normalized spacial score (nSPS) is 14.4. The smallest absolute Gasteiger partial charge is 0.227 e. The Hall–Kier alpha value is -3.22. The zero-order valence-electron chi connectivity index (χ0n) is 14.8. The number of halogens is 1. The molecule has 1 aliphatic heterocycles. The summed E-state index contributed by atoms with van der Waals surface area (Å²) in [4.78, 5) is 16.4. The highest BCUT2D eigenvalue weighted by atomic mass is 19.1. The monoisotopic (exact) mass is 365 g/mol. The highest BCUT2D eigenvalue weighted by molar-refractivity contribution is 5.79. The molecule has 27 heavy (non-hydrogen) atoms. The number of rotatable bonds is 4. The van der Waals surface area contributed by atoms with Crippen molar-refractivity contribution in [3.8, 4) is 5.82 Å². The van der Waals surface area contributed by atoms with Crippen LogP contribution in [0, 0.1) is 5.82 Å². The molecule has 1 fully saturated rings. The van der Waals surface area contributed by atoms with Crippen LogP contribution in [0.2, 0.25) is 0 Å². The van der Waals surface area contributed by atoms with E-state index in [9.17, 15) is 9.18 Å². The maximum Gasteiger partial charge on any atom is 0.227 e. The predicted molar refractivity (Wildman–Crippen MR) is 100 cm³/mol. The molecule has 1 saturated heterocycles. The van der Waals surface area contributed by atoms with Gasteiger partial charge >= 0.3 is 0 Å². The van der Waals surface area contributed by atoms with E-state index in [0.29, 0.717) is 32.6 Å². The first kappa shape index (κ1) is 17.2. The molecule has 0 saturated carbocycles. The molecule has 2 aromatic heterocycles. The van der Waals surface area contributed by atoms with Gasteiger partial charge in [-0.2, -0.15) is 0 Å². The molecule has 0 unspecified atom stereocenters. The predicted octanol–water partition coefficient (Wildman–Crippen LogP) is 2.30. The number of amides is 1. The quantitative estimate of drug-likeness (QED) is 0.712. The van der Waals surface area contributed by atoms with E-state index in [0.717, 1.165) is 17.2 Å². The Balaban J connectivity index is 1.33. The van der Waals surface area contributed by atoms with E-state index in [4.69, 9.17) is 0 Å². The summed E-state index contributed by atoms with van der Waals surface area (Å²) >= 11 is 0. The third-order valence-electron chi connectivity index (χ3n) is 4.73. The fourth-order valence-electron chi connectivity index (χ4n) is 3.19. The van der Waals surface area contributed by atoms with Crippen molar-refractivity contribution in [2.45, 2.75) is 6.42 Å². The number of hydrogen-bond donors (Lipinski definition) is 0. The maximum absolute atomic E-state index is 13.0. The molecular weight excluding hydrogens is 345 g/mol. The first-order valence-electron chi connectivity index (χ1n) is 8.93. The molecule has 0 atom stereocenters. The summed E-state index contributed by atoms with van der Waals surface area (Å²) < 4.78 is 14.9. The lowest BCUT2D eigenvalue weighted by molar-refractivity contribution is -0.130. The average molecular weight is 365 g/mol. The van der Waals surface area contributed by atoms with Gasteiger partial charge in [0.15, 0.2) is 11.6 Å². The van der Waals surface area contributed by atoms with E-state index < -0.39 is 0 Å². The van der Waals surface area contributed by atoms with Crippen LogP contribution < -0.4 is 4.90 Å². The van der Waals surface area contributed by atoms with E-state index in [-0.39, 0.29) is 11.7 Å². The summed E-state index contributed by atoms with van der Waals surface area (Å²) in [5.74, 6) is 1.37. The van der Waals surface area contributed by atoms with Gasteiger partial charge in [-0.1, -0.05) is 12.1 Å². The molecule has 7 heteroatoms.